The number of alkyl halides is 3. The molecule has 0 saturated carbocycles. The standard InChI is InChI=1S/C21H33F3O3/c1-3-4-13-18(25)19(26)14-9-7-5-6-8-10-15-20(2,27)16-11-12-17-21(22,23)24/h5-10,14-15,18-19,25-27H,3-4,11-13,16-17H2,1-2H3/b7-5+,8-6-,14-9+,15-10+/t18-,19+,20?/m0/s1. The molecule has 156 valence electrons. The number of aliphatic hydroxyl groups is 3. The molecule has 0 aliphatic heterocycles. The van der Waals surface area contributed by atoms with Gasteiger partial charge in [-0.05, 0) is 32.6 Å². The van der Waals surface area contributed by atoms with Crippen LogP contribution in [0.3, 0.4) is 0 Å². The Hall–Kier alpha value is -1.37. The fraction of sp³-hybridized carbons (Fsp3) is 0.619. The van der Waals surface area contributed by atoms with Gasteiger partial charge in [0.2, 0.25) is 0 Å². The SMILES string of the molecule is CCCC[C@H](O)[C@H](O)/C=C/C=C/C=C\C=C\C(C)(O)CCCCC(F)(F)F. The summed E-state index contributed by atoms with van der Waals surface area (Å²) >= 11 is 0. The van der Waals surface area contributed by atoms with E-state index in [4.69, 9.17) is 0 Å². The van der Waals surface area contributed by atoms with E-state index in [1.807, 2.05) is 6.92 Å². The quantitative estimate of drug-likeness (QED) is 0.306. The molecule has 0 heterocycles. The van der Waals surface area contributed by atoms with Gasteiger partial charge < -0.3 is 15.3 Å². The fourth-order valence-electron chi connectivity index (χ4n) is 2.30. The van der Waals surface area contributed by atoms with E-state index in [2.05, 4.69) is 0 Å². The maximum absolute atomic E-state index is 12.1. The van der Waals surface area contributed by atoms with Crippen LogP contribution in [-0.2, 0) is 0 Å². The average Bonchev–Trinajstić information content (AvgIpc) is 2.57. The van der Waals surface area contributed by atoms with Crippen molar-refractivity contribution in [2.45, 2.75) is 82.8 Å². The van der Waals surface area contributed by atoms with Crippen molar-refractivity contribution in [1.82, 2.24) is 0 Å². The summed E-state index contributed by atoms with van der Waals surface area (Å²) in [4.78, 5) is 0. The zero-order chi connectivity index (χ0) is 20.8. The lowest BCUT2D eigenvalue weighted by Gasteiger charge is -2.18. The molecule has 1 unspecified atom stereocenters. The first-order valence-corrected chi connectivity index (χ1v) is 9.42. The van der Waals surface area contributed by atoms with E-state index in [0.29, 0.717) is 12.8 Å². The molecule has 0 saturated heterocycles. The van der Waals surface area contributed by atoms with Gasteiger partial charge in [0.15, 0.2) is 0 Å². The molecule has 0 rings (SSSR count). The highest BCUT2D eigenvalue weighted by molar-refractivity contribution is 5.17. The topological polar surface area (TPSA) is 60.7 Å². The second-order valence-corrected chi connectivity index (χ2v) is 6.89. The zero-order valence-electron chi connectivity index (χ0n) is 16.2. The molecule has 3 atom stereocenters. The number of hydrogen-bond acceptors (Lipinski definition) is 3. The van der Waals surface area contributed by atoms with Gasteiger partial charge in [0.05, 0.1) is 17.8 Å². The normalized spacial score (nSPS) is 18.1. The molecule has 0 aromatic heterocycles. The molecule has 0 bridgehead atoms. The molecule has 0 aromatic carbocycles. The van der Waals surface area contributed by atoms with Crippen molar-refractivity contribution in [3.8, 4) is 0 Å². The van der Waals surface area contributed by atoms with Crippen molar-refractivity contribution in [1.29, 1.82) is 0 Å². The first-order valence-electron chi connectivity index (χ1n) is 9.42. The number of halogens is 3. The molecular formula is C21H33F3O3. The molecule has 0 fully saturated rings. The van der Waals surface area contributed by atoms with E-state index < -0.39 is 30.4 Å². The fourth-order valence-corrected chi connectivity index (χ4v) is 2.30. The van der Waals surface area contributed by atoms with Gasteiger partial charge in [-0.15, -0.1) is 0 Å². The van der Waals surface area contributed by atoms with Gasteiger partial charge in [-0.1, -0.05) is 68.4 Å². The van der Waals surface area contributed by atoms with Gasteiger partial charge in [0.25, 0.3) is 0 Å². The van der Waals surface area contributed by atoms with Crippen molar-refractivity contribution in [2.24, 2.45) is 0 Å². The van der Waals surface area contributed by atoms with Gasteiger partial charge in [-0.2, -0.15) is 13.2 Å². The van der Waals surface area contributed by atoms with E-state index >= 15 is 0 Å². The number of allylic oxidation sites excluding steroid dienone is 6. The van der Waals surface area contributed by atoms with Crippen LogP contribution in [0.4, 0.5) is 13.2 Å². The van der Waals surface area contributed by atoms with E-state index in [1.165, 1.54) is 6.08 Å². The Bertz CT molecular complexity index is 491. The van der Waals surface area contributed by atoms with Crippen molar-refractivity contribution in [3.63, 3.8) is 0 Å². The van der Waals surface area contributed by atoms with Crippen LogP contribution in [0, 0.1) is 0 Å². The number of hydrogen-bond donors (Lipinski definition) is 3. The van der Waals surface area contributed by atoms with Crippen LogP contribution in [0.25, 0.3) is 0 Å². The highest BCUT2D eigenvalue weighted by Gasteiger charge is 2.26. The van der Waals surface area contributed by atoms with Crippen LogP contribution in [0.15, 0.2) is 48.6 Å². The van der Waals surface area contributed by atoms with Crippen molar-refractivity contribution in [3.05, 3.63) is 48.6 Å². The van der Waals surface area contributed by atoms with Gasteiger partial charge in [-0.3, -0.25) is 0 Å². The third kappa shape index (κ3) is 16.5. The number of rotatable bonds is 13. The summed E-state index contributed by atoms with van der Waals surface area (Å²) < 4.78 is 36.2. The molecular weight excluding hydrogens is 357 g/mol. The number of aliphatic hydroxyl groups excluding tert-OH is 2. The minimum Gasteiger partial charge on any atom is -0.390 e. The summed E-state index contributed by atoms with van der Waals surface area (Å²) in [5.41, 5.74) is -1.14. The maximum atomic E-state index is 12.1. The molecule has 0 aliphatic rings. The molecule has 6 heteroatoms. The smallest absolute Gasteiger partial charge is 0.389 e. The minimum atomic E-state index is -4.14. The molecule has 3 nitrogen and oxygen atoms in total. The lowest BCUT2D eigenvalue weighted by Crippen LogP contribution is -2.23. The van der Waals surface area contributed by atoms with Crippen LogP contribution >= 0.6 is 0 Å². The highest BCUT2D eigenvalue weighted by Crippen LogP contribution is 2.24. The lowest BCUT2D eigenvalue weighted by molar-refractivity contribution is -0.136. The van der Waals surface area contributed by atoms with Crippen molar-refractivity contribution < 1.29 is 28.5 Å². The summed E-state index contributed by atoms with van der Waals surface area (Å²) in [7, 11) is 0. The third-order valence-electron chi connectivity index (χ3n) is 3.96. The summed E-state index contributed by atoms with van der Waals surface area (Å²) in [5.74, 6) is 0. The zero-order valence-corrected chi connectivity index (χ0v) is 16.2. The van der Waals surface area contributed by atoms with Crippen molar-refractivity contribution in [2.75, 3.05) is 0 Å². The molecule has 27 heavy (non-hydrogen) atoms. The molecule has 0 amide bonds. The number of unbranched alkanes of at least 4 members (excludes halogenated alkanes) is 2. The van der Waals surface area contributed by atoms with Gasteiger partial charge in [0, 0.05) is 6.42 Å². The molecule has 0 aromatic rings. The largest absolute Gasteiger partial charge is 0.390 e. The lowest BCUT2D eigenvalue weighted by atomic mass is 9.97. The third-order valence-corrected chi connectivity index (χ3v) is 3.96. The highest BCUT2D eigenvalue weighted by atomic mass is 19.4. The van der Waals surface area contributed by atoms with Crippen LogP contribution in [0.2, 0.25) is 0 Å². The predicted molar refractivity (Wildman–Crippen MR) is 103 cm³/mol. The predicted octanol–water partition coefficient (Wildman–Crippen LogP) is 5.00. The Labute approximate surface area is 160 Å². The second kappa shape index (κ2) is 13.7. The van der Waals surface area contributed by atoms with Crippen molar-refractivity contribution >= 4 is 0 Å². The van der Waals surface area contributed by atoms with E-state index in [-0.39, 0.29) is 12.8 Å². The van der Waals surface area contributed by atoms with Gasteiger partial charge in [-0.25, -0.2) is 0 Å². The Balaban J connectivity index is 4.14. The molecule has 3 N–H and O–H groups in total. The summed E-state index contributed by atoms with van der Waals surface area (Å²) in [6.45, 7) is 3.58. The summed E-state index contributed by atoms with van der Waals surface area (Å²) in [6.07, 6.45) is 9.56. The van der Waals surface area contributed by atoms with Crippen LogP contribution < -0.4 is 0 Å². The van der Waals surface area contributed by atoms with Gasteiger partial charge in [0.1, 0.15) is 0 Å². The first kappa shape index (κ1) is 25.6. The van der Waals surface area contributed by atoms with Gasteiger partial charge >= 0.3 is 6.18 Å². The van der Waals surface area contributed by atoms with Crippen LogP contribution in [0.5, 0.6) is 0 Å². The Morgan fingerprint density at radius 2 is 1.41 bits per heavy atom. The average molecular weight is 390 g/mol. The maximum Gasteiger partial charge on any atom is 0.389 e. The Morgan fingerprint density at radius 1 is 0.852 bits per heavy atom. The monoisotopic (exact) mass is 390 g/mol. The van der Waals surface area contributed by atoms with Crippen LogP contribution in [0.1, 0.15) is 58.8 Å². The van der Waals surface area contributed by atoms with E-state index in [1.54, 1.807) is 49.5 Å². The first-order chi connectivity index (χ1) is 12.6. The summed E-state index contributed by atoms with van der Waals surface area (Å²) in [5, 5.41) is 29.5. The molecule has 0 aliphatic carbocycles. The van der Waals surface area contributed by atoms with E-state index in [9.17, 15) is 28.5 Å². The van der Waals surface area contributed by atoms with E-state index in [0.717, 1.165) is 12.8 Å². The second-order valence-electron chi connectivity index (χ2n) is 6.89. The van der Waals surface area contributed by atoms with Crippen LogP contribution in [-0.4, -0.2) is 39.3 Å². The Morgan fingerprint density at radius 3 is 2.00 bits per heavy atom. The molecule has 0 spiro atoms. The minimum absolute atomic E-state index is 0.0113. The molecule has 0 radical (unpaired) electrons. The summed E-state index contributed by atoms with van der Waals surface area (Å²) in [6, 6.07) is 0. The Kier molecular flexibility index (Phi) is 13.0.